The monoisotopic (exact) mass is 1800 g/mol. The van der Waals surface area contributed by atoms with Crippen molar-refractivity contribution >= 4 is 51.2 Å². The number of hydrogen-bond donors (Lipinski definition) is 0. The van der Waals surface area contributed by atoms with Gasteiger partial charge in [0.05, 0.1) is 0 Å². The van der Waals surface area contributed by atoms with Gasteiger partial charge in [-0.05, 0) is 0 Å². The molecule has 0 bridgehead atoms. The smallest absolute Gasteiger partial charge is 0.192 e. The molecule has 102 heavy (non-hydrogen) atoms. The third-order valence-electron chi connectivity index (χ3n) is 12.4. The van der Waals surface area contributed by atoms with Crippen molar-refractivity contribution in [3.05, 3.63) is 0 Å². The third kappa shape index (κ3) is 12.9. The Bertz CT molecular complexity index is 2610. The van der Waals surface area contributed by atoms with E-state index in [1.165, 1.54) is 0 Å². The maximum atomic E-state index is 15.1. The second-order valence-corrected chi connectivity index (χ2v) is 23.2. The fraction of sp³-hybridized carbons (Fsp3) is 1.00. The van der Waals surface area contributed by atoms with Gasteiger partial charge in [0.15, 0.2) is 0 Å². The van der Waals surface area contributed by atoms with E-state index in [2.05, 4.69) is 0 Å². The van der Waals surface area contributed by atoms with Crippen LogP contribution in [0, 0.1) is 5.41 Å². The lowest BCUT2D eigenvalue weighted by molar-refractivity contribution is -0.472. The summed E-state index contributed by atoms with van der Waals surface area (Å²) in [5.41, 5.74) is -5.64. The maximum Gasteiger partial charge on any atom is 0.460 e. The Morgan fingerprint density at radius 1 is 0.137 bits per heavy atom. The summed E-state index contributed by atoms with van der Waals surface area (Å²) < 4.78 is 878. The van der Waals surface area contributed by atoms with Gasteiger partial charge in [0, 0.05) is 28.0 Å². The summed E-state index contributed by atoms with van der Waals surface area (Å²) in [4.78, 5) is 0. The molecule has 0 radical (unpaired) electrons. The molecule has 0 fully saturated rings. The highest BCUT2D eigenvalue weighted by Gasteiger charge is 3.02. The van der Waals surface area contributed by atoms with Crippen LogP contribution < -0.4 is 0 Å². The molecule has 0 aromatic rings. The van der Waals surface area contributed by atoms with Crippen LogP contribution in [0.4, 0.5) is 277 Å². The first kappa shape index (κ1) is 99.1. The average molecular weight is 1800 g/mol. The lowest BCUT2D eigenvalue weighted by Crippen LogP contribution is -2.76. The van der Waals surface area contributed by atoms with Crippen LogP contribution in [0.1, 0.15) is 0 Å². The minimum atomic E-state index is -10.2. The van der Waals surface area contributed by atoms with Crippen molar-refractivity contribution in [3.63, 3.8) is 0 Å². The highest BCUT2D eigenvalue weighted by molar-refractivity contribution is 9.09. The molecule has 0 aliphatic carbocycles. The van der Waals surface area contributed by atoms with Crippen LogP contribution >= 0.6 is 51.2 Å². The molecule has 0 heterocycles. The molecule has 0 atom stereocenters. The zero-order valence-corrected chi connectivity index (χ0v) is 47.8. The molecule has 0 aromatic carbocycles. The molecule has 0 unspecified atom stereocenters. The van der Waals surface area contributed by atoms with Gasteiger partial charge in [0.2, 0.25) is 0 Å². The summed E-state index contributed by atoms with van der Waals surface area (Å²) in [5.74, 6) is -250. The zero-order chi connectivity index (χ0) is 84.4. The van der Waals surface area contributed by atoms with Crippen molar-refractivity contribution in [2.24, 2.45) is 5.41 Å². The molecule has 0 spiro atoms. The number of halogens is 64. The lowest BCUT2D eigenvalue weighted by Gasteiger charge is -2.45. The Kier molecular flexibility index (Phi) is 24.9. The molecule has 0 N–H and O–H groups in total. The second kappa shape index (κ2) is 25.6. The first-order valence-corrected chi connectivity index (χ1v) is 25.9. The van der Waals surface area contributed by atoms with Crippen LogP contribution in [0.25, 0.3) is 0 Å². The summed E-state index contributed by atoms with van der Waals surface area (Å²) >= 11 is -10.3. The molecule has 0 aliphatic rings. The van der Waals surface area contributed by atoms with Gasteiger partial charge in [-0.3, -0.25) is 0 Å². The third-order valence-corrected chi connectivity index (χ3v) is 17.7. The topological polar surface area (TPSA) is 0 Å². The van der Waals surface area contributed by atoms with Crippen molar-refractivity contribution in [1.82, 2.24) is 0 Å². The van der Waals surface area contributed by atoms with E-state index in [9.17, 15) is 250 Å². The number of rotatable bonds is 34. The van der Waals surface area contributed by atoms with Crippen molar-refractivity contribution in [2.45, 2.75) is 176 Å². The SMILES string of the molecule is FC(F)(F)C(F)(F)C(F)(F)C(F)(F)C(F)(F)C(F)(F)C(F)(F)C(F)(F)C(F)(F)C(F)(F)SCC(CBr)(CSC(F)(F)C(F)(F)C(F)(F)C(F)(F)C(F)(F)C(F)(F)C(F)(F)C(F)(F)C(F)(F)C(F)(F)F)CSC(F)(F)C(F)(F)C(F)(F)C(F)(F)C(F)(F)C(F)(F)C(F)(F)C(F)(F)C(F)(F)C(F)(F)F. The summed E-state index contributed by atoms with van der Waals surface area (Å²) in [5, 5.41) is -29.5. The van der Waals surface area contributed by atoms with E-state index in [4.69, 9.17) is 0 Å². The molecule has 0 aliphatic heterocycles. The Morgan fingerprint density at radius 2 is 0.225 bits per heavy atom. The van der Waals surface area contributed by atoms with E-state index in [0.717, 1.165) is 15.9 Å². The number of thioether (sulfide) groups is 3. The highest BCUT2D eigenvalue weighted by Crippen LogP contribution is 2.73. The molecular formula is C35H8BrF63S3. The van der Waals surface area contributed by atoms with E-state index < -0.39 is 240 Å². The largest absolute Gasteiger partial charge is 0.460 e. The zero-order valence-electron chi connectivity index (χ0n) is 43.7. The second-order valence-electron chi connectivity index (χ2n) is 19.3. The van der Waals surface area contributed by atoms with Gasteiger partial charge in [0.25, 0.3) is 0 Å². The Morgan fingerprint density at radius 3 is 0.314 bits per heavy atom. The van der Waals surface area contributed by atoms with Gasteiger partial charge < -0.3 is 0 Å². The minimum absolute atomic E-state index is 1.11. The predicted molar refractivity (Wildman–Crippen MR) is 205 cm³/mol. The van der Waals surface area contributed by atoms with Gasteiger partial charge in [-0.25, -0.2) is 0 Å². The van der Waals surface area contributed by atoms with Crippen LogP contribution in [0.2, 0.25) is 0 Å². The predicted octanol–water partition coefficient (Wildman–Crippen LogP) is 23.3. The minimum Gasteiger partial charge on any atom is -0.192 e. The maximum absolute atomic E-state index is 15.1. The van der Waals surface area contributed by atoms with Crippen LogP contribution in [0.3, 0.4) is 0 Å². The van der Waals surface area contributed by atoms with Crippen LogP contribution in [0.15, 0.2) is 0 Å². The van der Waals surface area contributed by atoms with Gasteiger partial charge in [0.1, 0.15) is 0 Å². The summed E-state index contributed by atoms with van der Waals surface area (Å²) in [6, 6.07) is 0. The normalized spacial score (nSPS) is 17.3. The Hall–Kier alpha value is -2.88. The Balaban J connectivity index is 8.95. The number of hydrogen-bond acceptors (Lipinski definition) is 3. The molecule has 0 amide bonds. The standard InChI is InChI=1S/C35H8BrF63S3/c36-1-5(2-100-33(94,95)27(79,80)21(67,68)15(55,56)9(43,44)6(37,38)12(49,50)18(61,62)24(73,74)30(85,86)87,3-101-34(96,97)28(81,82)22(69,70)16(57,58)10(45,46)7(39,40)13(51,52)19(63,64)25(75,76)31(88,89)90)4-102-35(98,99)29(83,84)23(71,72)17(59,60)11(47,48)8(41,42)14(53,54)20(65,66)26(77,78)32(91,92)93/h1-4H2. The van der Waals surface area contributed by atoms with Crippen molar-refractivity contribution < 1.29 is 277 Å². The number of alkyl halides is 64. The van der Waals surface area contributed by atoms with E-state index in [1.807, 2.05) is 0 Å². The van der Waals surface area contributed by atoms with Crippen molar-refractivity contribution in [2.75, 3.05) is 22.6 Å². The van der Waals surface area contributed by atoms with Crippen molar-refractivity contribution in [1.29, 1.82) is 0 Å². The molecule has 0 saturated carbocycles. The summed E-state index contributed by atoms with van der Waals surface area (Å²) in [7, 11) is 0. The quantitative estimate of drug-likeness (QED) is 0.0466. The van der Waals surface area contributed by atoms with Gasteiger partial charge in [-0.15, -0.1) is 0 Å². The Labute approximate surface area is 532 Å². The molecule has 0 aromatic heterocycles. The lowest BCUT2D eigenvalue weighted by atomic mass is 9.87. The van der Waals surface area contributed by atoms with Crippen LogP contribution in [-0.2, 0) is 0 Å². The first-order chi connectivity index (χ1) is 42.9. The fourth-order valence-electron chi connectivity index (χ4n) is 5.88. The molecule has 0 nitrogen and oxygen atoms in total. The first-order valence-electron chi connectivity index (χ1n) is 21.8. The van der Waals surface area contributed by atoms with E-state index in [1.54, 1.807) is 0 Å². The molecular weight excluding hydrogens is 1790 g/mol. The van der Waals surface area contributed by atoms with Crippen LogP contribution in [-0.4, -0.2) is 199 Å². The molecule has 67 heteroatoms. The molecule has 614 valence electrons. The van der Waals surface area contributed by atoms with Crippen LogP contribution in [0.5, 0.6) is 0 Å². The van der Waals surface area contributed by atoms with E-state index in [-0.39, 0.29) is 0 Å². The summed E-state index contributed by atoms with van der Waals surface area (Å²) in [6.45, 7) is 0. The fourth-order valence-corrected chi connectivity index (χ4v) is 11.0. The molecule has 0 rings (SSSR count). The van der Waals surface area contributed by atoms with Gasteiger partial charge in [-0.2, -0.15) is 277 Å². The van der Waals surface area contributed by atoms with Crippen molar-refractivity contribution in [3.8, 4) is 0 Å². The molecule has 0 saturated heterocycles. The van der Waals surface area contributed by atoms with Gasteiger partial charge >= 0.3 is 176 Å². The van der Waals surface area contributed by atoms with E-state index in [0.29, 0.717) is 0 Å². The van der Waals surface area contributed by atoms with E-state index >= 15 is 26.3 Å². The average Bonchev–Trinajstić information content (AvgIpc) is 0.696. The highest BCUT2D eigenvalue weighted by atomic mass is 79.9. The summed E-state index contributed by atoms with van der Waals surface area (Å²) in [6.07, 6.45) is -25.9. The van der Waals surface area contributed by atoms with Gasteiger partial charge in [-0.1, -0.05) is 51.2 Å².